The van der Waals surface area contributed by atoms with Gasteiger partial charge in [0.25, 0.3) is 0 Å². The van der Waals surface area contributed by atoms with E-state index in [1.807, 2.05) is 0 Å². The van der Waals surface area contributed by atoms with Crippen molar-refractivity contribution < 1.29 is 4.74 Å². The summed E-state index contributed by atoms with van der Waals surface area (Å²) in [5.41, 5.74) is 0.578. The first-order valence-corrected chi connectivity index (χ1v) is 8.64. The SMILES string of the molecule is CC(C)(C)OCCN1CC(C)(C2CC2)NCC1C(C)(C)C. The summed E-state index contributed by atoms with van der Waals surface area (Å²) in [6, 6.07) is 0.591. The molecule has 2 aliphatic rings. The van der Waals surface area contributed by atoms with Crippen LogP contribution in [0.5, 0.6) is 0 Å². The van der Waals surface area contributed by atoms with Gasteiger partial charge in [-0.15, -0.1) is 0 Å². The van der Waals surface area contributed by atoms with Crippen molar-refractivity contribution in [2.75, 3.05) is 26.2 Å². The quantitative estimate of drug-likeness (QED) is 0.861. The lowest BCUT2D eigenvalue weighted by Gasteiger charge is -2.51. The van der Waals surface area contributed by atoms with E-state index < -0.39 is 0 Å². The zero-order valence-corrected chi connectivity index (χ0v) is 15.3. The minimum atomic E-state index is -0.0366. The lowest BCUT2D eigenvalue weighted by atomic mass is 9.81. The van der Waals surface area contributed by atoms with Gasteiger partial charge in [-0.1, -0.05) is 20.8 Å². The van der Waals surface area contributed by atoms with E-state index >= 15 is 0 Å². The van der Waals surface area contributed by atoms with Crippen molar-refractivity contribution in [2.45, 2.75) is 78.5 Å². The third-order valence-electron chi connectivity index (χ3n) is 5.06. The molecule has 0 aromatic rings. The third kappa shape index (κ3) is 4.67. The van der Waals surface area contributed by atoms with Gasteiger partial charge in [0, 0.05) is 31.2 Å². The molecule has 0 amide bonds. The summed E-state index contributed by atoms with van der Waals surface area (Å²) in [6.45, 7) is 20.0. The number of hydrogen-bond acceptors (Lipinski definition) is 3. The Morgan fingerprint density at radius 2 is 1.76 bits per heavy atom. The first-order chi connectivity index (χ1) is 9.51. The Kier molecular flexibility index (Phi) is 4.78. The maximum absolute atomic E-state index is 5.98. The second-order valence-corrected chi connectivity index (χ2v) is 9.39. The highest BCUT2D eigenvalue weighted by molar-refractivity contribution is 5.05. The monoisotopic (exact) mass is 296 g/mol. The predicted octanol–water partition coefficient (Wildman–Crippen LogP) is 3.29. The molecule has 2 fully saturated rings. The number of piperazine rings is 1. The van der Waals surface area contributed by atoms with Gasteiger partial charge in [0.2, 0.25) is 0 Å². The van der Waals surface area contributed by atoms with E-state index in [1.165, 1.54) is 12.8 Å². The van der Waals surface area contributed by atoms with E-state index in [-0.39, 0.29) is 5.60 Å². The van der Waals surface area contributed by atoms with E-state index in [1.54, 1.807) is 0 Å². The Balaban J connectivity index is 1.99. The first-order valence-electron chi connectivity index (χ1n) is 8.64. The number of nitrogens with one attached hydrogen (secondary N) is 1. The number of rotatable bonds is 4. The molecule has 2 rings (SSSR count). The molecule has 0 radical (unpaired) electrons. The van der Waals surface area contributed by atoms with Gasteiger partial charge in [-0.25, -0.2) is 0 Å². The summed E-state index contributed by atoms with van der Waals surface area (Å²) in [5, 5.41) is 3.87. The summed E-state index contributed by atoms with van der Waals surface area (Å²) in [4.78, 5) is 2.68. The molecule has 1 aliphatic carbocycles. The largest absolute Gasteiger partial charge is 0.375 e. The van der Waals surface area contributed by atoms with Gasteiger partial charge in [-0.05, 0) is 51.9 Å². The maximum atomic E-state index is 5.98. The molecule has 124 valence electrons. The molecule has 0 aromatic carbocycles. The molecule has 1 saturated carbocycles. The molecular weight excluding hydrogens is 260 g/mol. The van der Waals surface area contributed by atoms with Gasteiger partial charge in [-0.3, -0.25) is 4.90 Å². The fraction of sp³-hybridized carbons (Fsp3) is 1.00. The van der Waals surface area contributed by atoms with E-state index in [4.69, 9.17) is 4.74 Å². The molecule has 1 saturated heterocycles. The fourth-order valence-corrected chi connectivity index (χ4v) is 3.60. The molecule has 21 heavy (non-hydrogen) atoms. The molecule has 3 heteroatoms. The Bertz CT molecular complexity index is 351. The van der Waals surface area contributed by atoms with Crippen LogP contribution in [0, 0.1) is 11.3 Å². The zero-order chi connectivity index (χ0) is 15.9. The van der Waals surface area contributed by atoms with Gasteiger partial charge >= 0.3 is 0 Å². The molecular formula is C18H36N2O. The highest BCUT2D eigenvalue weighted by Crippen LogP contribution is 2.42. The summed E-state index contributed by atoms with van der Waals surface area (Å²) in [7, 11) is 0. The Labute approximate surface area is 131 Å². The molecule has 2 atom stereocenters. The van der Waals surface area contributed by atoms with Crippen molar-refractivity contribution in [1.29, 1.82) is 0 Å². The first kappa shape index (κ1) is 17.2. The van der Waals surface area contributed by atoms with Crippen LogP contribution in [-0.4, -0.2) is 48.3 Å². The summed E-state index contributed by atoms with van der Waals surface area (Å²) >= 11 is 0. The van der Waals surface area contributed by atoms with Crippen molar-refractivity contribution >= 4 is 0 Å². The van der Waals surface area contributed by atoms with Gasteiger partial charge in [0.1, 0.15) is 0 Å². The van der Waals surface area contributed by atoms with E-state index in [0.29, 0.717) is 17.0 Å². The Hall–Kier alpha value is -0.120. The van der Waals surface area contributed by atoms with Gasteiger partial charge in [0.05, 0.1) is 12.2 Å². The van der Waals surface area contributed by atoms with Crippen molar-refractivity contribution in [3.8, 4) is 0 Å². The average Bonchev–Trinajstić information content (AvgIpc) is 3.09. The normalized spacial score (nSPS) is 32.4. The Morgan fingerprint density at radius 3 is 2.24 bits per heavy atom. The summed E-state index contributed by atoms with van der Waals surface area (Å²) in [6.07, 6.45) is 2.80. The van der Waals surface area contributed by atoms with E-state index in [0.717, 1.165) is 32.2 Å². The van der Waals surface area contributed by atoms with E-state index in [9.17, 15) is 0 Å². The number of nitrogens with zero attached hydrogens (tertiary/aromatic N) is 1. The van der Waals surface area contributed by atoms with Crippen LogP contribution in [0.3, 0.4) is 0 Å². The second kappa shape index (κ2) is 5.82. The van der Waals surface area contributed by atoms with Gasteiger partial charge < -0.3 is 10.1 Å². The number of ether oxygens (including phenoxy) is 1. The van der Waals surface area contributed by atoms with Crippen LogP contribution in [0.4, 0.5) is 0 Å². The van der Waals surface area contributed by atoms with E-state index in [2.05, 4.69) is 58.7 Å². The predicted molar refractivity (Wildman–Crippen MR) is 89.7 cm³/mol. The zero-order valence-electron chi connectivity index (χ0n) is 15.3. The fourth-order valence-electron chi connectivity index (χ4n) is 3.60. The average molecular weight is 296 g/mol. The summed E-state index contributed by atoms with van der Waals surface area (Å²) in [5.74, 6) is 0.879. The molecule has 1 heterocycles. The molecule has 0 spiro atoms. The van der Waals surface area contributed by atoms with Crippen LogP contribution in [0.1, 0.15) is 61.3 Å². The van der Waals surface area contributed by atoms with Crippen LogP contribution in [-0.2, 0) is 4.74 Å². The van der Waals surface area contributed by atoms with Crippen LogP contribution < -0.4 is 5.32 Å². The lowest BCUT2D eigenvalue weighted by molar-refractivity contribution is -0.0416. The van der Waals surface area contributed by atoms with Gasteiger partial charge in [0.15, 0.2) is 0 Å². The van der Waals surface area contributed by atoms with Crippen molar-refractivity contribution in [3.05, 3.63) is 0 Å². The standard InChI is InChI=1S/C18H36N2O/c1-16(2,3)15-12-19-18(7,14-8-9-14)13-20(15)10-11-21-17(4,5)6/h14-15,19H,8-13H2,1-7H3. The third-order valence-corrected chi connectivity index (χ3v) is 5.06. The smallest absolute Gasteiger partial charge is 0.0600 e. The molecule has 3 nitrogen and oxygen atoms in total. The second-order valence-electron chi connectivity index (χ2n) is 9.39. The molecule has 0 bridgehead atoms. The maximum Gasteiger partial charge on any atom is 0.0600 e. The molecule has 1 N–H and O–H groups in total. The minimum Gasteiger partial charge on any atom is -0.375 e. The minimum absolute atomic E-state index is 0.0366. The van der Waals surface area contributed by atoms with Crippen LogP contribution in [0.25, 0.3) is 0 Å². The van der Waals surface area contributed by atoms with Crippen LogP contribution in [0.15, 0.2) is 0 Å². The molecule has 1 aliphatic heterocycles. The topological polar surface area (TPSA) is 24.5 Å². The number of hydrogen-bond donors (Lipinski definition) is 1. The van der Waals surface area contributed by atoms with Crippen LogP contribution in [0.2, 0.25) is 0 Å². The van der Waals surface area contributed by atoms with Crippen molar-refractivity contribution in [2.24, 2.45) is 11.3 Å². The summed E-state index contributed by atoms with van der Waals surface area (Å²) < 4.78 is 5.98. The molecule has 2 unspecified atom stereocenters. The highest BCUT2D eigenvalue weighted by Gasteiger charge is 2.47. The van der Waals surface area contributed by atoms with Crippen molar-refractivity contribution in [1.82, 2.24) is 10.2 Å². The highest BCUT2D eigenvalue weighted by atomic mass is 16.5. The van der Waals surface area contributed by atoms with Crippen LogP contribution >= 0.6 is 0 Å². The Morgan fingerprint density at radius 1 is 1.14 bits per heavy atom. The van der Waals surface area contributed by atoms with Crippen molar-refractivity contribution in [3.63, 3.8) is 0 Å². The molecule has 0 aromatic heterocycles. The van der Waals surface area contributed by atoms with Gasteiger partial charge in [-0.2, -0.15) is 0 Å². The lowest BCUT2D eigenvalue weighted by Crippen LogP contribution is -2.67.